The molecule has 5 nitrogen and oxygen atoms in total. The molecule has 3 aromatic carbocycles. The first-order chi connectivity index (χ1) is 14.4. The van der Waals surface area contributed by atoms with Gasteiger partial charge in [-0.2, -0.15) is 8.42 Å². The predicted octanol–water partition coefficient (Wildman–Crippen LogP) is 4.27. The fraction of sp³-hybridized carbons (Fsp3) is 0.125. The summed E-state index contributed by atoms with van der Waals surface area (Å²) in [6.45, 7) is 0.840. The van der Waals surface area contributed by atoms with Crippen LogP contribution in [0.3, 0.4) is 0 Å². The molecule has 0 fully saturated rings. The van der Waals surface area contributed by atoms with Crippen molar-refractivity contribution in [3.05, 3.63) is 108 Å². The summed E-state index contributed by atoms with van der Waals surface area (Å²) in [5.74, 6) is 0.130. The SMILES string of the molecule is CS(=O)(=O)Oc1ccc(CN(Cc2ccccc2)C(=O)C=Cc2ccccc2)cc1. The fourth-order valence-electron chi connectivity index (χ4n) is 2.90. The maximum absolute atomic E-state index is 12.9. The van der Waals surface area contributed by atoms with Crippen LogP contribution in [0.25, 0.3) is 6.08 Å². The van der Waals surface area contributed by atoms with Gasteiger partial charge in [0.1, 0.15) is 5.75 Å². The average molecular weight is 422 g/mol. The normalized spacial score (nSPS) is 11.4. The summed E-state index contributed by atoms with van der Waals surface area (Å²) in [5.41, 5.74) is 2.84. The number of benzene rings is 3. The monoisotopic (exact) mass is 421 g/mol. The van der Waals surface area contributed by atoms with Crippen LogP contribution in [0.1, 0.15) is 16.7 Å². The van der Waals surface area contributed by atoms with Gasteiger partial charge < -0.3 is 9.08 Å². The summed E-state index contributed by atoms with van der Waals surface area (Å²) >= 11 is 0. The fourth-order valence-corrected chi connectivity index (χ4v) is 3.36. The zero-order valence-electron chi connectivity index (χ0n) is 16.6. The van der Waals surface area contributed by atoms with E-state index in [4.69, 9.17) is 4.18 Å². The lowest BCUT2D eigenvalue weighted by atomic mass is 10.1. The molecule has 0 aliphatic rings. The number of amides is 1. The molecule has 1 amide bonds. The van der Waals surface area contributed by atoms with Gasteiger partial charge in [0.25, 0.3) is 0 Å². The first-order valence-corrected chi connectivity index (χ1v) is 11.2. The van der Waals surface area contributed by atoms with E-state index in [1.807, 2.05) is 60.7 Å². The summed E-state index contributed by atoms with van der Waals surface area (Å²) in [7, 11) is -3.57. The van der Waals surface area contributed by atoms with E-state index in [9.17, 15) is 13.2 Å². The van der Waals surface area contributed by atoms with Gasteiger partial charge in [-0.25, -0.2) is 0 Å². The van der Waals surface area contributed by atoms with Crippen molar-refractivity contribution in [2.75, 3.05) is 6.26 Å². The maximum Gasteiger partial charge on any atom is 0.306 e. The smallest absolute Gasteiger partial charge is 0.306 e. The largest absolute Gasteiger partial charge is 0.383 e. The topological polar surface area (TPSA) is 63.7 Å². The summed E-state index contributed by atoms with van der Waals surface area (Å²) in [6.07, 6.45) is 4.36. The van der Waals surface area contributed by atoms with E-state index >= 15 is 0 Å². The quantitative estimate of drug-likeness (QED) is 0.403. The van der Waals surface area contributed by atoms with Crippen molar-refractivity contribution in [3.8, 4) is 5.75 Å². The molecule has 0 atom stereocenters. The van der Waals surface area contributed by atoms with E-state index in [-0.39, 0.29) is 11.7 Å². The number of hydrogen-bond acceptors (Lipinski definition) is 4. The van der Waals surface area contributed by atoms with Crippen LogP contribution in [-0.2, 0) is 28.0 Å². The zero-order valence-corrected chi connectivity index (χ0v) is 17.5. The molecule has 0 aliphatic heterocycles. The molecule has 154 valence electrons. The number of nitrogens with zero attached hydrogens (tertiary/aromatic N) is 1. The molecule has 0 spiro atoms. The standard InChI is InChI=1S/C24H23NO4S/c1-30(27,28)29-23-15-12-22(13-16-23)19-25(18-21-10-6-3-7-11-21)24(26)17-14-20-8-4-2-5-9-20/h2-17H,18-19H2,1H3. The van der Waals surface area contributed by atoms with Crippen molar-refractivity contribution in [3.63, 3.8) is 0 Å². The van der Waals surface area contributed by atoms with Crippen molar-refractivity contribution in [1.29, 1.82) is 0 Å². The lowest BCUT2D eigenvalue weighted by Gasteiger charge is -2.22. The van der Waals surface area contributed by atoms with E-state index < -0.39 is 10.1 Å². The molecule has 0 bridgehead atoms. The Kier molecular flexibility index (Phi) is 7.03. The predicted molar refractivity (Wildman–Crippen MR) is 118 cm³/mol. The van der Waals surface area contributed by atoms with Crippen molar-refractivity contribution < 1.29 is 17.4 Å². The Morgan fingerprint density at radius 3 is 1.93 bits per heavy atom. The third kappa shape index (κ3) is 6.90. The second-order valence-electron chi connectivity index (χ2n) is 6.86. The Hall–Kier alpha value is -3.38. The number of rotatable bonds is 8. The Labute approximate surface area is 177 Å². The highest BCUT2D eigenvalue weighted by Gasteiger charge is 2.13. The highest BCUT2D eigenvalue weighted by Crippen LogP contribution is 2.17. The third-order valence-electron chi connectivity index (χ3n) is 4.29. The summed E-state index contributed by atoms with van der Waals surface area (Å²) in [4.78, 5) is 14.7. The summed E-state index contributed by atoms with van der Waals surface area (Å²) in [6, 6.07) is 26.1. The molecular weight excluding hydrogens is 398 g/mol. The van der Waals surface area contributed by atoms with Crippen molar-refractivity contribution in [2.24, 2.45) is 0 Å². The molecule has 3 aromatic rings. The Bertz CT molecular complexity index is 1090. The van der Waals surface area contributed by atoms with Gasteiger partial charge in [-0.15, -0.1) is 0 Å². The average Bonchev–Trinajstić information content (AvgIpc) is 2.73. The first kappa shape index (κ1) is 21.3. The van der Waals surface area contributed by atoms with Gasteiger partial charge in [0, 0.05) is 19.2 Å². The van der Waals surface area contributed by atoms with Crippen LogP contribution in [0.2, 0.25) is 0 Å². The van der Waals surface area contributed by atoms with Crippen molar-refractivity contribution in [1.82, 2.24) is 4.90 Å². The highest BCUT2D eigenvalue weighted by atomic mass is 32.2. The lowest BCUT2D eigenvalue weighted by molar-refractivity contribution is -0.127. The van der Waals surface area contributed by atoms with Crippen LogP contribution in [-0.4, -0.2) is 25.5 Å². The zero-order chi connectivity index (χ0) is 21.4. The Morgan fingerprint density at radius 2 is 1.37 bits per heavy atom. The van der Waals surface area contributed by atoms with Gasteiger partial charge in [0.2, 0.25) is 5.91 Å². The first-order valence-electron chi connectivity index (χ1n) is 9.43. The number of hydrogen-bond donors (Lipinski definition) is 0. The van der Waals surface area contributed by atoms with Gasteiger partial charge >= 0.3 is 10.1 Å². The van der Waals surface area contributed by atoms with Crippen LogP contribution < -0.4 is 4.18 Å². The van der Waals surface area contributed by atoms with E-state index in [0.29, 0.717) is 13.1 Å². The van der Waals surface area contributed by atoms with Gasteiger partial charge in [0.15, 0.2) is 0 Å². The van der Waals surface area contributed by atoms with Crippen LogP contribution in [0.4, 0.5) is 0 Å². The summed E-state index contributed by atoms with van der Waals surface area (Å²) < 4.78 is 27.4. The summed E-state index contributed by atoms with van der Waals surface area (Å²) in [5, 5.41) is 0. The minimum absolute atomic E-state index is 0.112. The van der Waals surface area contributed by atoms with Gasteiger partial charge in [-0.3, -0.25) is 4.79 Å². The third-order valence-corrected chi connectivity index (χ3v) is 4.79. The Morgan fingerprint density at radius 1 is 0.833 bits per heavy atom. The molecule has 30 heavy (non-hydrogen) atoms. The van der Waals surface area contributed by atoms with E-state index in [1.54, 1.807) is 41.3 Å². The Balaban J connectivity index is 1.77. The molecule has 0 saturated carbocycles. The highest BCUT2D eigenvalue weighted by molar-refractivity contribution is 7.86. The molecule has 0 unspecified atom stereocenters. The van der Waals surface area contributed by atoms with Gasteiger partial charge in [0.05, 0.1) is 6.26 Å². The lowest BCUT2D eigenvalue weighted by Crippen LogP contribution is -2.28. The van der Waals surface area contributed by atoms with Crippen LogP contribution in [0.5, 0.6) is 5.75 Å². The second kappa shape index (κ2) is 9.89. The maximum atomic E-state index is 12.9. The van der Waals surface area contributed by atoms with Crippen LogP contribution in [0, 0.1) is 0 Å². The van der Waals surface area contributed by atoms with E-state index in [1.165, 1.54) is 0 Å². The molecule has 0 aliphatic carbocycles. The minimum Gasteiger partial charge on any atom is -0.383 e. The molecule has 0 radical (unpaired) electrons. The molecule has 6 heteroatoms. The second-order valence-corrected chi connectivity index (χ2v) is 8.43. The molecule has 0 N–H and O–H groups in total. The van der Waals surface area contributed by atoms with Gasteiger partial charge in [-0.05, 0) is 34.9 Å². The van der Waals surface area contributed by atoms with Crippen molar-refractivity contribution >= 4 is 22.1 Å². The molecule has 3 rings (SSSR count). The number of carbonyl (C=O) groups excluding carboxylic acids is 1. The molecule has 0 saturated heterocycles. The molecule has 0 aromatic heterocycles. The minimum atomic E-state index is -3.57. The van der Waals surface area contributed by atoms with Crippen LogP contribution >= 0.6 is 0 Å². The van der Waals surface area contributed by atoms with Crippen LogP contribution in [0.15, 0.2) is 91.0 Å². The van der Waals surface area contributed by atoms with E-state index in [0.717, 1.165) is 22.9 Å². The van der Waals surface area contributed by atoms with E-state index in [2.05, 4.69) is 0 Å². The number of carbonyl (C=O) groups is 1. The van der Waals surface area contributed by atoms with Gasteiger partial charge in [-0.1, -0.05) is 72.8 Å². The van der Waals surface area contributed by atoms with Crippen molar-refractivity contribution in [2.45, 2.75) is 13.1 Å². The molecular formula is C24H23NO4S. The molecule has 0 heterocycles.